The first-order chi connectivity index (χ1) is 11.2. The largest absolute Gasteiger partial charge is 0.497 e. The number of benzene rings is 2. The van der Waals surface area contributed by atoms with Gasteiger partial charge in [0.25, 0.3) is 0 Å². The third kappa shape index (κ3) is 5.61. The standard InChI is InChI=1S/C20H27NO2/c1-16(14-17-8-5-4-6-9-17)21-13-7-10-18-11-12-19(22-2)15-20(18)23-3/h4-6,8-9,11-12,15-16,21H,7,10,13-14H2,1-3H3. The molecule has 0 fully saturated rings. The molecular formula is C20H27NO2. The van der Waals surface area contributed by atoms with E-state index in [9.17, 15) is 0 Å². The van der Waals surface area contributed by atoms with Gasteiger partial charge in [-0.1, -0.05) is 36.4 Å². The number of methoxy groups -OCH3 is 2. The molecule has 0 aliphatic heterocycles. The van der Waals surface area contributed by atoms with Crippen molar-refractivity contribution in [3.05, 3.63) is 59.7 Å². The molecule has 0 spiro atoms. The lowest BCUT2D eigenvalue weighted by molar-refractivity contribution is 0.390. The van der Waals surface area contributed by atoms with E-state index in [-0.39, 0.29) is 0 Å². The van der Waals surface area contributed by atoms with E-state index in [1.165, 1.54) is 11.1 Å². The fourth-order valence-corrected chi connectivity index (χ4v) is 2.73. The first kappa shape index (κ1) is 17.4. The van der Waals surface area contributed by atoms with Gasteiger partial charge in [-0.2, -0.15) is 0 Å². The van der Waals surface area contributed by atoms with Gasteiger partial charge in [0.2, 0.25) is 0 Å². The summed E-state index contributed by atoms with van der Waals surface area (Å²) in [5.41, 5.74) is 2.61. The van der Waals surface area contributed by atoms with Crippen molar-refractivity contribution in [1.29, 1.82) is 0 Å². The van der Waals surface area contributed by atoms with E-state index in [1.807, 2.05) is 12.1 Å². The van der Waals surface area contributed by atoms with E-state index >= 15 is 0 Å². The number of rotatable bonds is 9. The highest BCUT2D eigenvalue weighted by Gasteiger charge is 2.06. The Morgan fingerprint density at radius 3 is 2.48 bits per heavy atom. The molecule has 23 heavy (non-hydrogen) atoms. The monoisotopic (exact) mass is 313 g/mol. The molecule has 0 saturated carbocycles. The highest BCUT2D eigenvalue weighted by Crippen LogP contribution is 2.25. The fraction of sp³-hybridized carbons (Fsp3) is 0.400. The predicted molar refractivity (Wildman–Crippen MR) is 95.5 cm³/mol. The molecule has 0 heterocycles. The average Bonchev–Trinajstić information content (AvgIpc) is 2.59. The molecule has 124 valence electrons. The molecule has 0 bridgehead atoms. The lowest BCUT2D eigenvalue weighted by Crippen LogP contribution is -2.29. The summed E-state index contributed by atoms with van der Waals surface area (Å²) in [5, 5.41) is 3.60. The molecule has 0 aliphatic carbocycles. The Labute approximate surface area is 139 Å². The molecule has 1 unspecified atom stereocenters. The smallest absolute Gasteiger partial charge is 0.125 e. The van der Waals surface area contributed by atoms with E-state index in [4.69, 9.17) is 9.47 Å². The van der Waals surface area contributed by atoms with Gasteiger partial charge in [0.15, 0.2) is 0 Å². The zero-order chi connectivity index (χ0) is 16.5. The summed E-state index contributed by atoms with van der Waals surface area (Å²) in [6.07, 6.45) is 3.15. The van der Waals surface area contributed by atoms with E-state index in [0.29, 0.717) is 6.04 Å². The minimum absolute atomic E-state index is 0.482. The van der Waals surface area contributed by atoms with Crippen LogP contribution in [0.2, 0.25) is 0 Å². The lowest BCUT2D eigenvalue weighted by Gasteiger charge is -2.14. The molecule has 2 aromatic rings. The Balaban J connectivity index is 1.75. The van der Waals surface area contributed by atoms with Crippen LogP contribution in [-0.4, -0.2) is 26.8 Å². The van der Waals surface area contributed by atoms with Crippen molar-refractivity contribution in [2.45, 2.75) is 32.2 Å². The molecule has 0 amide bonds. The summed E-state index contributed by atoms with van der Waals surface area (Å²) in [6, 6.07) is 17.1. The number of ether oxygens (including phenoxy) is 2. The third-order valence-electron chi connectivity index (χ3n) is 3.99. The van der Waals surface area contributed by atoms with Crippen LogP contribution in [0.4, 0.5) is 0 Å². The number of hydrogen-bond donors (Lipinski definition) is 1. The maximum absolute atomic E-state index is 5.44. The van der Waals surface area contributed by atoms with Crippen LogP contribution >= 0.6 is 0 Å². The maximum atomic E-state index is 5.44. The molecule has 3 nitrogen and oxygen atoms in total. The Kier molecular flexibility index (Phi) is 6.95. The Hall–Kier alpha value is -2.00. The van der Waals surface area contributed by atoms with Crippen LogP contribution in [0.5, 0.6) is 11.5 Å². The van der Waals surface area contributed by atoms with Crippen LogP contribution in [0.15, 0.2) is 48.5 Å². The van der Waals surface area contributed by atoms with Gasteiger partial charge in [-0.25, -0.2) is 0 Å². The summed E-state index contributed by atoms with van der Waals surface area (Å²) in [4.78, 5) is 0. The summed E-state index contributed by atoms with van der Waals surface area (Å²) >= 11 is 0. The lowest BCUT2D eigenvalue weighted by atomic mass is 10.1. The van der Waals surface area contributed by atoms with Crippen molar-refractivity contribution < 1.29 is 9.47 Å². The molecule has 1 atom stereocenters. The molecule has 0 aliphatic rings. The summed E-state index contributed by atoms with van der Waals surface area (Å²) in [7, 11) is 3.38. The highest BCUT2D eigenvalue weighted by molar-refractivity contribution is 5.40. The molecule has 0 radical (unpaired) electrons. The van der Waals surface area contributed by atoms with Gasteiger partial charge >= 0.3 is 0 Å². The third-order valence-corrected chi connectivity index (χ3v) is 3.99. The van der Waals surface area contributed by atoms with Crippen molar-refractivity contribution in [3.63, 3.8) is 0 Å². The first-order valence-corrected chi connectivity index (χ1v) is 8.21. The first-order valence-electron chi connectivity index (χ1n) is 8.21. The fourth-order valence-electron chi connectivity index (χ4n) is 2.73. The Morgan fingerprint density at radius 1 is 1.00 bits per heavy atom. The second-order valence-electron chi connectivity index (χ2n) is 5.83. The minimum atomic E-state index is 0.482. The molecular weight excluding hydrogens is 286 g/mol. The maximum Gasteiger partial charge on any atom is 0.125 e. The van der Waals surface area contributed by atoms with Crippen molar-refractivity contribution in [2.24, 2.45) is 0 Å². The van der Waals surface area contributed by atoms with Crippen molar-refractivity contribution >= 4 is 0 Å². The second-order valence-corrected chi connectivity index (χ2v) is 5.83. The van der Waals surface area contributed by atoms with E-state index in [2.05, 4.69) is 48.6 Å². The zero-order valence-electron chi connectivity index (χ0n) is 14.3. The second kappa shape index (κ2) is 9.21. The molecule has 0 saturated heterocycles. The van der Waals surface area contributed by atoms with Crippen LogP contribution in [0.25, 0.3) is 0 Å². The van der Waals surface area contributed by atoms with Crippen molar-refractivity contribution in [2.75, 3.05) is 20.8 Å². The SMILES string of the molecule is COc1ccc(CCCNC(C)Cc2ccccc2)c(OC)c1. The topological polar surface area (TPSA) is 30.5 Å². The molecule has 1 N–H and O–H groups in total. The highest BCUT2D eigenvalue weighted by atomic mass is 16.5. The number of nitrogens with one attached hydrogen (secondary N) is 1. The Morgan fingerprint density at radius 2 is 1.78 bits per heavy atom. The van der Waals surface area contributed by atoms with Gasteiger partial charge in [0.1, 0.15) is 11.5 Å². The van der Waals surface area contributed by atoms with Crippen LogP contribution < -0.4 is 14.8 Å². The quantitative estimate of drug-likeness (QED) is 0.713. The minimum Gasteiger partial charge on any atom is -0.497 e. The summed E-state index contributed by atoms with van der Waals surface area (Å²) < 4.78 is 10.7. The van der Waals surface area contributed by atoms with Crippen molar-refractivity contribution in [1.82, 2.24) is 5.32 Å². The zero-order valence-corrected chi connectivity index (χ0v) is 14.3. The van der Waals surface area contributed by atoms with Gasteiger partial charge < -0.3 is 14.8 Å². The van der Waals surface area contributed by atoms with Gasteiger partial charge in [-0.05, 0) is 49.9 Å². The predicted octanol–water partition coefficient (Wildman–Crippen LogP) is 3.86. The van der Waals surface area contributed by atoms with Crippen LogP contribution in [0, 0.1) is 0 Å². The molecule has 0 aromatic heterocycles. The van der Waals surface area contributed by atoms with Gasteiger partial charge in [-0.15, -0.1) is 0 Å². The van der Waals surface area contributed by atoms with E-state index in [0.717, 1.165) is 37.3 Å². The molecule has 2 rings (SSSR count). The van der Waals surface area contributed by atoms with Gasteiger partial charge in [-0.3, -0.25) is 0 Å². The van der Waals surface area contributed by atoms with Gasteiger partial charge in [0, 0.05) is 12.1 Å². The Bertz CT molecular complexity index is 583. The molecule has 2 aromatic carbocycles. The number of aryl methyl sites for hydroxylation is 1. The van der Waals surface area contributed by atoms with Gasteiger partial charge in [0.05, 0.1) is 14.2 Å². The summed E-state index contributed by atoms with van der Waals surface area (Å²) in [6.45, 7) is 3.24. The van der Waals surface area contributed by atoms with E-state index in [1.54, 1.807) is 14.2 Å². The number of hydrogen-bond acceptors (Lipinski definition) is 3. The van der Waals surface area contributed by atoms with E-state index < -0.39 is 0 Å². The molecule has 3 heteroatoms. The average molecular weight is 313 g/mol. The summed E-state index contributed by atoms with van der Waals surface area (Å²) in [5.74, 6) is 1.74. The van der Waals surface area contributed by atoms with Crippen molar-refractivity contribution in [3.8, 4) is 11.5 Å². The normalized spacial score (nSPS) is 12.0. The van der Waals surface area contributed by atoms with Crippen LogP contribution in [0.1, 0.15) is 24.5 Å². The van der Waals surface area contributed by atoms with Crippen LogP contribution in [-0.2, 0) is 12.8 Å². The van der Waals surface area contributed by atoms with Crippen LogP contribution in [0.3, 0.4) is 0 Å².